The van der Waals surface area contributed by atoms with Gasteiger partial charge in [-0.25, -0.2) is 0 Å². The average Bonchev–Trinajstić information content (AvgIpc) is 2.42. The van der Waals surface area contributed by atoms with E-state index in [1.807, 2.05) is 32.9 Å². The number of nitrogens with one attached hydrogen (secondary N) is 1. The second kappa shape index (κ2) is 8.28. The molecule has 1 aromatic rings. The predicted molar refractivity (Wildman–Crippen MR) is 72.8 cm³/mol. The number of hydrogen-bond donors (Lipinski definition) is 1. The second-order valence-electron chi connectivity index (χ2n) is 2.96. The van der Waals surface area contributed by atoms with E-state index in [0.29, 0.717) is 5.69 Å². The van der Waals surface area contributed by atoms with Crippen LogP contribution in [0.5, 0.6) is 0 Å². The fourth-order valence-corrected chi connectivity index (χ4v) is 1.26. The topological polar surface area (TPSA) is 42.0 Å². The van der Waals surface area contributed by atoms with Crippen molar-refractivity contribution in [1.82, 2.24) is 10.3 Å². The Hall–Kier alpha value is -1.90. The number of allylic oxidation sites excluding steroid dienone is 3. The summed E-state index contributed by atoms with van der Waals surface area (Å²) in [5, 5.41) is 2.54. The standard InChI is InChI=1S/C12H14N2O.C2H6/c1-4-9(5-2)10-6-7-14-11(8-10)12(15)13-3;1-2/h4-8H,1H2,2-3H3,(H,13,15);1-2H3/b9-5+;. The minimum absolute atomic E-state index is 0.184. The van der Waals surface area contributed by atoms with Gasteiger partial charge < -0.3 is 5.32 Å². The van der Waals surface area contributed by atoms with Crippen LogP contribution in [0.25, 0.3) is 5.57 Å². The molecule has 0 aromatic carbocycles. The van der Waals surface area contributed by atoms with Gasteiger partial charge in [0.25, 0.3) is 5.91 Å². The number of nitrogens with zero attached hydrogens (tertiary/aromatic N) is 1. The molecule has 0 saturated heterocycles. The first-order valence-electron chi connectivity index (χ1n) is 5.70. The molecular weight excluding hydrogens is 212 g/mol. The number of hydrogen-bond acceptors (Lipinski definition) is 2. The normalized spacial score (nSPS) is 10.0. The van der Waals surface area contributed by atoms with Crippen molar-refractivity contribution >= 4 is 11.5 Å². The highest BCUT2D eigenvalue weighted by atomic mass is 16.1. The van der Waals surface area contributed by atoms with Gasteiger partial charge in [0.2, 0.25) is 0 Å². The maximum absolute atomic E-state index is 11.3. The smallest absolute Gasteiger partial charge is 0.269 e. The van der Waals surface area contributed by atoms with Gasteiger partial charge in [-0.05, 0) is 30.2 Å². The van der Waals surface area contributed by atoms with Crippen LogP contribution in [0.15, 0.2) is 37.1 Å². The van der Waals surface area contributed by atoms with Crippen molar-refractivity contribution in [2.45, 2.75) is 20.8 Å². The number of aromatic nitrogens is 1. The molecule has 0 fully saturated rings. The van der Waals surface area contributed by atoms with Gasteiger partial charge in [0.05, 0.1) is 0 Å². The van der Waals surface area contributed by atoms with Crippen LogP contribution in [-0.4, -0.2) is 17.9 Å². The third kappa shape index (κ3) is 4.23. The number of amides is 1. The number of carbonyl (C=O) groups excluding carboxylic acids is 1. The molecule has 0 radical (unpaired) electrons. The van der Waals surface area contributed by atoms with Gasteiger partial charge in [-0.3, -0.25) is 9.78 Å². The summed E-state index contributed by atoms with van der Waals surface area (Å²) < 4.78 is 0. The van der Waals surface area contributed by atoms with E-state index in [0.717, 1.165) is 11.1 Å². The first kappa shape index (κ1) is 15.1. The molecule has 1 amide bonds. The van der Waals surface area contributed by atoms with E-state index >= 15 is 0 Å². The van der Waals surface area contributed by atoms with Crippen LogP contribution in [0.1, 0.15) is 36.8 Å². The van der Waals surface area contributed by atoms with Gasteiger partial charge in [0, 0.05) is 13.2 Å². The van der Waals surface area contributed by atoms with Gasteiger partial charge in [-0.15, -0.1) is 0 Å². The van der Waals surface area contributed by atoms with Crippen molar-refractivity contribution < 1.29 is 4.79 Å². The first-order valence-corrected chi connectivity index (χ1v) is 5.70. The zero-order valence-corrected chi connectivity index (χ0v) is 10.9. The molecule has 0 unspecified atom stereocenters. The summed E-state index contributed by atoms with van der Waals surface area (Å²) in [5.74, 6) is -0.184. The minimum atomic E-state index is -0.184. The molecule has 1 N–H and O–H groups in total. The lowest BCUT2D eigenvalue weighted by atomic mass is 10.1. The van der Waals surface area contributed by atoms with Gasteiger partial charge in [0.15, 0.2) is 0 Å². The van der Waals surface area contributed by atoms with Crippen LogP contribution in [0.2, 0.25) is 0 Å². The fraction of sp³-hybridized carbons (Fsp3) is 0.286. The predicted octanol–water partition coefficient (Wildman–Crippen LogP) is 3.06. The summed E-state index contributed by atoms with van der Waals surface area (Å²) >= 11 is 0. The molecule has 0 spiro atoms. The Kier molecular flexibility index (Phi) is 7.35. The Morgan fingerprint density at radius 2 is 2.12 bits per heavy atom. The average molecular weight is 232 g/mol. The molecule has 3 nitrogen and oxygen atoms in total. The van der Waals surface area contributed by atoms with Crippen LogP contribution >= 0.6 is 0 Å². The first-order chi connectivity index (χ1) is 8.22. The molecule has 17 heavy (non-hydrogen) atoms. The SMILES string of the molecule is C=C/C(=C\C)c1ccnc(C(=O)NC)c1.CC. The molecule has 0 aliphatic heterocycles. The van der Waals surface area contributed by atoms with E-state index in [9.17, 15) is 4.79 Å². The molecule has 1 rings (SSSR count). The molecular formula is C14H20N2O. The molecule has 0 aliphatic carbocycles. The summed E-state index contributed by atoms with van der Waals surface area (Å²) in [5.41, 5.74) is 2.35. The monoisotopic (exact) mass is 232 g/mol. The van der Waals surface area contributed by atoms with E-state index in [4.69, 9.17) is 0 Å². The van der Waals surface area contributed by atoms with Crippen LogP contribution < -0.4 is 5.32 Å². The highest BCUT2D eigenvalue weighted by molar-refractivity contribution is 5.93. The second-order valence-corrected chi connectivity index (χ2v) is 2.96. The zero-order valence-electron chi connectivity index (χ0n) is 10.9. The van der Waals surface area contributed by atoms with Crippen molar-refractivity contribution in [2.75, 3.05) is 7.05 Å². The molecule has 0 atom stereocenters. The van der Waals surface area contributed by atoms with Crippen LogP contribution in [0, 0.1) is 0 Å². The third-order valence-electron chi connectivity index (χ3n) is 2.08. The Morgan fingerprint density at radius 1 is 1.47 bits per heavy atom. The van der Waals surface area contributed by atoms with Crippen LogP contribution in [-0.2, 0) is 0 Å². The van der Waals surface area contributed by atoms with Gasteiger partial charge in [0.1, 0.15) is 5.69 Å². The highest BCUT2D eigenvalue weighted by Crippen LogP contribution is 2.15. The van der Waals surface area contributed by atoms with Crippen molar-refractivity contribution in [2.24, 2.45) is 0 Å². The fourth-order valence-electron chi connectivity index (χ4n) is 1.26. The largest absolute Gasteiger partial charge is 0.354 e. The molecule has 0 aliphatic rings. The third-order valence-corrected chi connectivity index (χ3v) is 2.08. The maximum Gasteiger partial charge on any atom is 0.269 e. The van der Waals surface area contributed by atoms with Crippen molar-refractivity contribution in [3.05, 3.63) is 48.3 Å². The van der Waals surface area contributed by atoms with Gasteiger partial charge in [-0.2, -0.15) is 0 Å². The highest BCUT2D eigenvalue weighted by Gasteiger charge is 2.05. The lowest BCUT2D eigenvalue weighted by molar-refractivity contribution is 0.0958. The van der Waals surface area contributed by atoms with E-state index in [1.54, 1.807) is 25.4 Å². The lowest BCUT2D eigenvalue weighted by Crippen LogP contribution is -2.19. The van der Waals surface area contributed by atoms with E-state index in [1.165, 1.54) is 0 Å². The van der Waals surface area contributed by atoms with Gasteiger partial charge >= 0.3 is 0 Å². The van der Waals surface area contributed by atoms with Crippen molar-refractivity contribution in [3.8, 4) is 0 Å². The molecule has 3 heteroatoms. The molecule has 1 aromatic heterocycles. The van der Waals surface area contributed by atoms with E-state index in [2.05, 4.69) is 16.9 Å². The number of pyridine rings is 1. The maximum atomic E-state index is 11.3. The van der Waals surface area contributed by atoms with Crippen molar-refractivity contribution in [1.29, 1.82) is 0 Å². The summed E-state index contributed by atoms with van der Waals surface area (Å²) in [6, 6.07) is 3.60. The lowest BCUT2D eigenvalue weighted by Gasteiger charge is -2.03. The summed E-state index contributed by atoms with van der Waals surface area (Å²) in [4.78, 5) is 15.3. The number of rotatable bonds is 3. The quantitative estimate of drug-likeness (QED) is 0.814. The number of carbonyl (C=O) groups is 1. The Labute approximate surface area is 103 Å². The Balaban J connectivity index is 0.00000121. The van der Waals surface area contributed by atoms with Gasteiger partial charge in [-0.1, -0.05) is 32.6 Å². The Bertz CT molecular complexity index is 408. The molecule has 0 bridgehead atoms. The molecule has 1 heterocycles. The summed E-state index contributed by atoms with van der Waals surface area (Å²) in [6.45, 7) is 9.64. The zero-order chi connectivity index (χ0) is 13.3. The molecule has 92 valence electrons. The van der Waals surface area contributed by atoms with Crippen molar-refractivity contribution in [3.63, 3.8) is 0 Å². The minimum Gasteiger partial charge on any atom is -0.354 e. The summed E-state index contributed by atoms with van der Waals surface area (Å²) in [6.07, 6.45) is 5.31. The molecule has 0 saturated carbocycles. The van der Waals surface area contributed by atoms with Crippen LogP contribution in [0.3, 0.4) is 0 Å². The Morgan fingerprint density at radius 3 is 2.59 bits per heavy atom. The van der Waals surface area contributed by atoms with Crippen LogP contribution in [0.4, 0.5) is 0 Å². The van der Waals surface area contributed by atoms with E-state index in [-0.39, 0.29) is 5.91 Å². The summed E-state index contributed by atoms with van der Waals surface area (Å²) in [7, 11) is 1.58. The van der Waals surface area contributed by atoms with E-state index < -0.39 is 0 Å².